The molecule has 0 aromatic heterocycles. The lowest BCUT2D eigenvalue weighted by atomic mass is 9.81. The molecule has 362 valence electrons. The monoisotopic (exact) mass is 998 g/mol. The van der Waals surface area contributed by atoms with Crippen LogP contribution in [-0.2, 0) is 0 Å². The van der Waals surface area contributed by atoms with Gasteiger partial charge in [0.1, 0.15) is 23.0 Å². The zero-order chi connectivity index (χ0) is 44.2. The van der Waals surface area contributed by atoms with Gasteiger partial charge < -0.3 is 73.2 Å². The molecule has 0 saturated heterocycles. The maximum atomic E-state index is 13.8. The number of halogens is 4. The molecule has 18 nitrogen and oxygen atoms in total. The summed E-state index contributed by atoms with van der Waals surface area (Å²) in [6.07, 6.45) is 1.72. The van der Waals surface area contributed by atoms with E-state index in [1.54, 1.807) is 24.3 Å². The van der Waals surface area contributed by atoms with E-state index >= 15 is 0 Å². The molecule has 6 rings (SSSR count). The topological polar surface area (TPSA) is 286 Å². The van der Waals surface area contributed by atoms with Crippen LogP contribution in [-0.4, -0.2) is 146 Å². The number of ketones is 4. The molecule has 22 heteroatoms. The number of phenols is 4. The van der Waals surface area contributed by atoms with E-state index < -0.39 is 46.1 Å². The first-order valence-electron chi connectivity index (χ1n) is 20.7. The minimum absolute atomic E-state index is 0. The highest BCUT2D eigenvalue weighted by molar-refractivity contribution is 6.34. The van der Waals surface area contributed by atoms with Crippen molar-refractivity contribution in [1.29, 1.82) is 0 Å². The summed E-state index contributed by atoms with van der Waals surface area (Å²) in [6, 6.07) is 11.5. The van der Waals surface area contributed by atoms with Crippen LogP contribution in [0.1, 0.15) is 76.5 Å². The summed E-state index contributed by atoms with van der Waals surface area (Å²) >= 11 is 0. The molecular formula is C44H58Cl4N8O10. The van der Waals surface area contributed by atoms with Crippen LogP contribution in [0.4, 0.5) is 22.7 Å². The Morgan fingerprint density at radius 3 is 0.758 bits per heavy atom. The molecule has 14 N–H and O–H groups in total. The van der Waals surface area contributed by atoms with E-state index in [1.807, 2.05) is 0 Å². The highest BCUT2D eigenvalue weighted by Gasteiger charge is 2.39. The molecule has 0 bridgehead atoms. The number of hydrogen-bond donors (Lipinski definition) is 14. The Bertz CT molecular complexity index is 2170. The molecule has 0 spiro atoms. The number of carbonyl (C=O) groups excluding carboxylic acids is 4. The Kier molecular flexibility index (Phi) is 23.8. The molecule has 0 heterocycles. The Labute approximate surface area is 406 Å². The molecular weight excluding hydrogens is 942 g/mol. The van der Waals surface area contributed by atoms with E-state index in [0.29, 0.717) is 88.2 Å². The number of rotatable bonds is 25. The van der Waals surface area contributed by atoms with Gasteiger partial charge in [0.2, 0.25) is 23.1 Å². The summed E-state index contributed by atoms with van der Waals surface area (Å²) < 4.78 is 0. The van der Waals surface area contributed by atoms with Crippen LogP contribution in [0.25, 0.3) is 0 Å². The zero-order valence-corrected chi connectivity index (χ0v) is 39.1. The number of phenolic OH excluding ortho intramolecular Hbond substituents is 4. The number of hydrogen-bond acceptors (Lipinski definition) is 18. The van der Waals surface area contributed by atoms with Gasteiger partial charge in [0, 0.05) is 88.2 Å². The maximum Gasteiger partial charge on any atom is 0.200 e. The number of fused-ring (bicyclic) bond motifs is 4. The smallest absolute Gasteiger partial charge is 0.200 e. The summed E-state index contributed by atoms with van der Waals surface area (Å²) in [5.41, 5.74) is 1.12. The second kappa shape index (κ2) is 27.5. The molecule has 2 aliphatic rings. The van der Waals surface area contributed by atoms with E-state index in [-0.39, 0.29) is 107 Å². The first-order valence-corrected chi connectivity index (χ1v) is 20.7. The van der Waals surface area contributed by atoms with Crippen LogP contribution in [0, 0.1) is 0 Å². The van der Waals surface area contributed by atoms with Crippen molar-refractivity contribution >= 4 is 95.5 Å². The number of benzene rings is 4. The quantitative estimate of drug-likeness (QED) is 0.0290. The fourth-order valence-corrected chi connectivity index (χ4v) is 7.62. The van der Waals surface area contributed by atoms with Gasteiger partial charge in [-0.3, -0.25) is 19.2 Å². The van der Waals surface area contributed by atoms with Gasteiger partial charge in [0.05, 0.1) is 57.7 Å². The van der Waals surface area contributed by atoms with Crippen LogP contribution < -0.4 is 42.5 Å². The number of aliphatic hydroxyl groups excluding tert-OH is 2. The van der Waals surface area contributed by atoms with E-state index in [4.69, 9.17) is 10.2 Å². The number of aromatic hydroxyl groups is 4. The molecule has 0 atom stereocenters. The van der Waals surface area contributed by atoms with Crippen molar-refractivity contribution < 1.29 is 49.8 Å². The third kappa shape index (κ3) is 12.9. The van der Waals surface area contributed by atoms with Crippen molar-refractivity contribution in [3.63, 3.8) is 0 Å². The van der Waals surface area contributed by atoms with Crippen molar-refractivity contribution in [3.05, 3.63) is 93.0 Å². The van der Waals surface area contributed by atoms with Gasteiger partial charge >= 0.3 is 0 Å². The third-order valence-corrected chi connectivity index (χ3v) is 10.6. The SMILES string of the molecule is Cl.Cl.Cl.Cl.O=C1c2c(O)ccc(O)c2C(=O)c2c(NCCNCCCCNCCNc3ccc(NCCNCCO)c4c3C(=O)c3c(O)ccc(O)c3C4=O)ccc(NCCNCCO)c21. The normalized spacial score (nSPS) is 12.0. The van der Waals surface area contributed by atoms with Crippen molar-refractivity contribution in [2.24, 2.45) is 0 Å². The summed E-state index contributed by atoms with van der Waals surface area (Å²) in [7, 11) is 0. The Hall–Kier alpha value is -5.12. The van der Waals surface area contributed by atoms with E-state index in [2.05, 4.69) is 42.5 Å². The number of unbranched alkanes of at least 4 members (excludes halogenated alkanes) is 1. The maximum absolute atomic E-state index is 13.8. The highest BCUT2D eigenvalue weighted by Crippen LogP contribution is 2.44. The van der Waals surface area contributed by atoms with Crippen LogP contribution in [0.5, 0.6) is 23.0 Å². The molecule has 4 aromatic carbocycles. The van der Waals surface area contributed by atoms with Crippen molar-refractivity contribution in [2.75, 3.05) is 113 Å². The molecule has 0 fully saturated rings. The van der Waals surface area contributed by atoms with Gasteiger partial charge in [-0.25, -0.2) is 0 Å². The van der Waals surface area contributed by atoms with Crippen molar-refractivity contribution in [2.45, 2.75) is 12.8 Å². The molecule has 0 unspecified atom stereocenters. The fourth-order valence-electron chi connectivity index (χ4n) is 7.62. The van der Waals surface area contributed by atoms with Crippen LogP contribution in [0.3, 0.4) is 0 Å². The summed E-state index contributed by atoms with van der Waals surface area (Å²) in [4.78, 5) is 55.1. The van der Waals surface area contributed by atoms with Crippen LogP contribution in [0.2, 0.25) is 0 Å². The fraction of sp³-hybridized carbons (Fsp3) is 0.364. The molecule has 0 saturated carbocycles. The number of anilines is 4. The van der Waals surface area contributed by atoms with Crippen LogP contribution in [0.15, 0.2) is 48.5 Å². The van der Waals surface area contributed by atoms with Crippen LogP contribution >= 0.6 is 49.6 Å². The summed E-state index contributed by atoms with van der Waals surface area (Å²) in [6.45, 7) is 5.95. The second-order valence-corrected chi connectivity index (χ2v) is 14.7. The van der Waals surface area contributed by atoms with E-state index in [1.165, 1.54) is 24.3 Å². The molecule has 2 aliphatic carbocycles. The number of aliphatic hydroxyl groups is 2. The van der Waals surface area contributed by atoms with Crippen molar-refractivity contribution in [1.82, 2.24) is 21.3 Å². The Morgan fingerprint density at radius 1 is 0.303 bits per heavy atom. The highest BCUT2D eigenvalue weighted by atomic mass is 35.5. The minimum atomic E-state index is -0.582. The third-order valence-electron chi connectivity index (χ3n) is 10.6. The van der Waals surface area contributed by atoms with Gasteiger partial charge in [0.15, 0.2) is 0 Å². The predicted molar refractivity (Wildman–Crippen MR) is 264 cm³/mol. The average molecular weight is 1000 g/mol. The Morgan fingerprint density at radius 2 is 0.530 bits per heavy atom. The van der Waals surface area contributed by atoms with Gasteiger partial charge in [-0.1, -0.05) is 0 Å². The largest absolute Gasteiger partial charge is 0.507 e. The van der Waals surface area contributed by atoms with Gasteiger partial charge in [-0.05, 0) is 74.5 Å². The van der Waals surface area contributed by atoms with E-state index in [0.717, 1.165) is 25.9 Å². The van der Waals surface area contributed by atoms with Gasteiger partial charge in [0.25, 0.3) is 0 Å². The zero-order valence-electron chi connectivity index (χ0n) is 35.9. The average Bonchev–Trinajstić information content (AvgIpc) is 3.26. The lowest BCUT2D eigenvalue weighted by molar-refractivity contribution is 0.0975. The molecule has 0 radical (unpaired) electrons. The van der Waals surface area contributed by atoms with E-state index in [9.17, 15) is 39.6 Å². The first kappa shape index (κ1) is 57.0. The first-order chi connectivity index (χ1) is 30.1. The van der Waals surface area contributed by atoms with Gasteiger partial charge in [-0.2, -0.15) is 0 Å². The molecule has 0 aliphatic heterocycles. The number of carbonyl (C=O) groups is 4. The Balaban J connectivity index is 0.00000374. The predicted octanol–water partition coefficient (Wildman–Crippen LogP) is 3.22. The summed E-state index contributed by atoms with van der Waals surface area (Å²) in [5, 5.41) is 85.8. The summed E-state index contributed by atoms with van der Waals surface area (Å²) in [5.74, 6) is -3.90. The van der Waals surface area contributed by atoms with Gasteiger partial charge in [-0.15, -0.1) is 49.6 Å². The second-order valence-electron chi connectivity index (χ2n) is 14.7. The lowest BCUT2D eigenvalue weighted by Gasteiger charge is -2.25. The molecule has 4 aromatic rings. The standard InChI is InChI=1S/C44H54N8O10.4ClH/c53-23-21-47-15-19-51-27-5-3-25(33-35(27)43(61)39-31(57)9-7-29(55)37(39)41(33)59)49-17-13-45-11-1-2-12-46-14-18-50-26-4-6-28(52-20-16-48-22-24-54)36-34(26)42(60)38-30(56)8-10-32(58)40(38)44(36)62;;;;/h3-10,45-58H,1-2,11-24H2;4*1H. The molecule has 0 amide bonds. The molecule has 66 heavy (non-hydrogen) atoms. The van der Waals surface area contributed by atoms with Crippen molar-refractivity contribution in [3.8, 4) is 23.0 Å². The lowest BCUT2D eigenvalue weighted by Crippen LogP contribution is -2.29. The minimum Gasteiger partial charge on any atom is -0.507 e. The number of nitrogens with one attached hydrogen (secondary N) is 8.